The Bertz CT molecular complexity index is 1110. The molecule has 170 valence electrons. The summed E-state index contributed by atoms with van der Waals surface area (Å²) >= 11 is 0. The first-order chi connectivity index (χ1) is 15.2. The van der Waals surface area contributed by atoms with Crippen LogP contribution in [0.1, 0.15) is 25.1 Å². The topological polar surface area (TPSA) is 77.4 Å². The molecule has 0 radical (unpaired) electrons. The van der Waals surface area contributed by atoms with Crippen LogP contribution in [0.15, 0.2) is 30.5 Å². The standard InChI is InChI=1S/C23H28F2N6O/c1-23(2,32)12-17-11-19-20(13-27-17)28-21(26-3)22(29-19)31-8-6-30(7-9-31)14-15-4-5-16(24)10-18(15)25/h4-5,10-11,13,32H,6-9,12,14H2,1-3H3,(H,26,28). The summed E-state index contributed by atoms with van der Waals surface area (Å²) in [6.07, 6.45) is 2.11. The van der Waals surface area contributed by atoms with E-state index in [0.29, 0.717) is 43.0 Å². The molecule has 2 N–H and O–H groups in total. The lowest BCUT2D eigenvalue weighted by Gasteiger charge is -2.36. The van der Waals surface area contributed by atoms with Gasteiger partial charge in [-0.3, -0.25) is 9.88 Å². The third-order valence-electron chi connectivity index (χ3n) is 5.52. The average Bonchev–Trinajstić information content (AvgIpc) is 2.74. The largest absolute Gasteiger partial charge is 0.390 e. The number of benzene rings is 1. The molecule has 1 saturated heterocycles. The van der Waals surface area contributed by atoms with Crippen LogP contribution in [0.3, 0.4) is 0 Å². The minimum absolute atomic E-state index is 0.423. The SMILES string of the molecule is CNc1nc2cnc(CC(C)(C)O)cc2nc1N1CCN(Cc2ccc(F)cc2F)CC1. The summed E-state index contributed by atoms with van der Waals surface area (Å²) in [6.45, 7) is 6.79. The Hall–Kier alpha value is -2.91. The molecule has 3 aromatic rings. The highest BCUT2D eigenvalue weighted by Gasteiger charge is 2.23. The molecule has 1 aliphatic heterocycles. The summed E-state index contributed by atoms with van der Waals surface area (Å²) in [5.41, 5.74) is 1.80. The molecular formula is C23H28F2N6O. The van der Waals surface area contributed by atoms with Crippen molar-refractivity contribution >= 4 is 22.7 Å². The molecule has 7 nitrogen and oxygen atoms in total. The fourth-order valence-corrected chi connectivity index (χ4v) is 3.93. The molecule has 0 aliphatic carbocycles. The Kier molecular flexibility index (Phi) is 6.21. The summed E-state index contributed by atoms with van der Waals surface area (Å²) in [4.78, 5) is 18.2. The number of piperazine rings is 1. The molecule has 32 heavy (non-hydrogen) atoms. The lowest BCUT2D eigenvalue weighted by atomic mass is 10.0. The number of anilines is 2. The lowest BCUT2D eigenvalue weighted by Crippen LogP contribution is -2.46. The van der Waals surface area contributed by atoms with Crippen LogP contribution in [0.4, 0.5) is 20.4 Å². The van der Waals surface area contributed by atoms with Gasteiger partial charge in [0.15, 0.2) is 11.6 Å². The Morgan fingerprint density at radius 2 is 1.81 bits per heavy atom. The zero-order valence-electron chi connectivity index (χ0n) is 18.6. The lowest BCUT2D eigenvalue weighted by molar-refractivity contribution is 0.0800. The molecule has 3 heterocycles. The van der Waals surface area contributed by atoms with Gasteiger partial charge in [0.2, 0.25) is 0 Å². The number of nitrogens with zero attached hydrogens (tertiary/aromatic N) is 5. The number of aliphatic hydroxyl groups is 1. The predicted octanol–water partition coefficient (Wildman–Crippen LogP) is 2.98. The summed E-state index contributed by atoms with van der Waals surface area (Å²) in [7, 11) is 1.81. The van der Waals surface area contributed by atoms with Crippen molar-refractivity contribution in [3.05, 3.63) is 53.4 Å². The molecule has 2 aromatic heterocycles. The number of pyridine rings is 1. The van der Waals surface area contributed by atoms with Crippen molar-refractivity contribution in [1.29, 1.82) is 0 Å². The number of fused-ring (bicyclic) bond motifs is 1. The smallest absolute Gasteiger partial charge is 0.172 e. The number of hydrogen-bond acceptors (Lipinski definition) is 7. The van der Waals surface area contributed by atoms with Gasteiger partial charge >= 0.3 is 0 Å². The first kappa shape index (κ1) is 22.3. The van der Waals surface area contributed by atoms with Crippen molar-refractivity contribution in [2.75, 3.05) is 43.4 Å². The van der Waals surface area contributed by atoms with E-state index in [4.69, 9.17) is 4.98 Å². The van der Waals surface area contributed by atoms with Gasteiger partial charge in [0.05, 0.1) is 17.3 Å². The average molecular weight is 443 g/mol. The van der Waals surface area contributed by atoms with Gasteiger partial charge in [-0.15, -0.1) is 0 Å². The van der Waals surface area contributed by atoms with Crippen molar-refractivity contribution in [3.63, 3.8) is 0 Å². The van der Waals surface area contributed by atoms with E-state index >= 15 is 0 Å². The van der Waals surface area contributed by atoms with E-state index < -0.39 is 17.2 Å². The molecule has 0 bridgehead atoms. The van der Waals surface area contributed by atoms with Crippen molar-refractivity contribution in [3.8, 4) is 0 Å². The number of hydrogen-bond donors (Lipinski definition) is 2. The van der Waals surface area contributed by atoms with Gasteiger partial charge in [-0.25, -0.2) is 18.7 Å². The first-order valence-corrected chi connectivity index (χ1v) is 10.7. The second-order valence-corrected chi connectivity index (χ2v) is 8.80. The predicted molar refractivity (Wildman–Crippen MR) is 121 cm³/mol. The third-order valence-corrected chi connectivity index (χ3v) is 5.52. The molecule has 1 fully saturated rings. The highest BCUT2D eigenvalue weighted by atomic mass is 19.1. The second-order valence-electron chi connectivity index (χ2n) is 8.80. The van der Waals surface area contributed by atoms with Crippen LogP contribution in [-0.2, 0) is 13.0 Å². The summed E-state index contributed by atoms with van der Waals surface area (Å²) in [5, 5.41) is 13.2. The van der Waals surface area contributed by atoms with Gasteiger partial charge in [0.25, 0.3) is 0 Å². The molecule has 1 aliphatic rings. The molecule has 9 heteroatoms. The first-order valence-electron chi connectivity index (χ1n) is 10.7. The molecule has 0 spiro atoms. The van der Waals surface area contributed by atoms with E-state index in [1.165, 1.54) is 12.1 Å². The minimum atomic E-state index is -0.859. The van der Waals surface area contributed by atoms with Crippen LogP contribution in [0, 0.1) is 11.6 Å². The normalized spacial score (nSPS) is 15.4. The van der Waals surface area contributed by atoms with Gasteiger partial charge in [0, 0.05) is 63.5 Å². The third kappa shape index (κ3) is 5.11. The van der Waals surface area contributed by atoms with E-state index in [-0.39, 0.29) is 0 Å². The molecule has 0 amide bonds. The Labute approximate surface area is 186 Å². The van der Waals surface area contributed by atoms with Crippen molar-refractivity contribution in [2.24, 2.45) is 0 Å². The number of aromatic nitrogens is 3. The summed E-state index contributed by atoms with van der Waals surface area (Å²) in [5.74, 6) is 0.354. The molecular weight excluding hydrogens is 414 g/mol. The highest BCUT2D eigenvalue weighted by molar-refractivity contribution is 5.80. The Morgan fingerprint density at radius 1 is 1.06 bits per heavy atom. The van der Waals surface area contributed by atoms with Gasteiger partial charge in [-0.1, -0.05) is 6.07 Å². The maximum atomic E-state index is 14.0. The monoisotopic (exact) mass is 442 g/mol. The molecule has 0 unspecified atom stereocenters. The van der Waals surface area contributed by atoms with Crippen LogP contribution >= 0.6 is 0 Å². The number of halogens is 2. The fourth-order valence-electron chi connectivity index (χ4n) is 3.93. The Morgan fingerprint density at radius 3 is 2.47 bits per heavy atom. The fraction of sp³-hybridized carbons (Fsp3) is 0.435. The van der Waals surface area contributed by atoms with E-state index in [1.807, 2.05) is 13.1 Å². The zero-order valence-corrected chi connectivity index (χ0v) is 18.6. The summed E-state index contributed by atoms with van der Waals surface area (Å²) < 4.78 is 27.2. The van der Waals surface area contributed by atoms with Crippen molar-refractivity contribution in [2.45, 2.75) is 32.4 Å². The maximum Gasteiger partial charge on any atom is 0.172 e. The zero-order chi connectivity index (χ0) is 22.9. The van der Waals surface area contributed by atoms with Gasteiger partial charge in [-0.2, -0.15) is 0 Å². The molecule has 0 atom stereocenters. The minimum Gasteiger partial charge on any atom is -0.390 e. The van der Waals surface area contributed by atoms with Gasteiger partial charge in [0.1, 0.15) is 17.2 Å². The van der Waals surface area contributed by atoms with Crippen molar-refractivity contribution in [1.82, 2.24) is 19.9 Å². The number of rotatable bonds is 6. The van der Waals surface area contributed by atoms with Crippen LogP contribution in [0.2, 0.25) is 0 Å². The van der Waals surface area contributed by atoms with E-state index in [1.54, 1.807) is 20.0 Å². The summed E-state index contributed by atoms with van der Waals surface area (Å²) in [6, 6.07) is 5.59. The van der Waals surface area contributed by atoms with E-state index in [0.717, 1.165) is 36.2 Å². The Balaban J connectivity index is 1.51. The van der Waals surface area contributed by atoms with E-state index in [9.17, 15) is 13.9 Å². The molecule has 0 saturated carbocycles. The van der Waals surface area contributed by atoms with Crippen LogP contribution in [0.5, 0.6) is 0 Å². The van der Waals surface area contributed by atoms with E-state index in [2.05, 4.69) is 25.1 Å². The second kappa shape index (κ2) is 8.91. The van der Waals surface area contributed by atoms with Gasteiger partial charge < -0.3 is 15.3 Å². The van der Waals surface area contributed by atoms with Crippen LogP contribution in [-0.4, -0.2) is 63.8 Å². The van der Waals surface area contributed by atoms with Gasteiger partial charge in [-0.05, 0) is 26.0 Å². The van der Waals surface area contributed by atoms with Crippen molar-refractivity contribution < 1.29 is 13.9 Å². The highest BCUT2D eigenvalue weighted by Crippen LogP contribution is 2.26. The van der Waals surface area contributed by atoms with Crippen LogP contribution < -0.4 is 10.2 Å². The number of nitrogens with one attached hydrogen (secondary N) is 1. The molecule has 1 aromatic carbocycles. The quantitative estimate of drug-likeness (QED) is 0.608. The molecule has 4 rings (SSSR count). The van der Waals surface area contributed by atoms with Crippen LogP contribution in [0.25, 0.3) is 11.0 Å². The maximum absolute atomic E-state index is 14.0.